The smallest absolute Gasteiger partial charge is 0.315 e. The van der Waals surface area contributed by atoms with Crippen LogP contribution in [0.4, 0.5) is 0 Å². The lowest BCUT2D eigenvalue weighted by Gasteiger charge is -2.19. The largest absolute Gasteiger partial charge is 0.497 e. The Morgan fingerprint density at radius 1 is 1.30 bits per heavy atom. The van der Waals surface area contributed by atoms with Gasteiger partial charge in [-0.1, -0.05) is 6.07 Å². The first-order chi connectivity index (χ1) is 9.65. The van der Waals surface area contributed by atoms with Crippen molar-refractivity contribution in [1.29, 1.82) is 0 Å². The normalized spacial score (nSPS) is 11.8. The molecular formula is C14H21NO4S. The molecular weight excluding hydrogens is 278 g/mol. The second kappa shape index (κ2) is 8.71. The van der Waals surface area contributed by atoms with Crippen LogP contribution in [0.5, 0.6) is 11.5 Å². The molecule has 0 aromatic heterocycles. The molecule has 20 heavy (non-hydrogen) atoms. The lowest BCUT2D eigenvalue weighted by Crippen LogP contribution is -2.20. The molecule has 0 spiro atoms. The fraction of sp³-hybridized carbons (Fsp3) is 0.500. The van der Waals surface area contributed by atoms with E-state index in [9.17, 15) is 4.79 Å². The van der Waals surface area contributed by atoms with Gasteiger partial charge in [-0.05, 0) is 13.1 Å². The summed E-state index contributed by atoms with van der Waals surface area (Å²) in [6.07, 6.45) is 0. The Kier molecular flexibility index (Phi) is 7.25. The number of carbonyl (C=O) groups excluding carboxylic acids is 1. The Morgan fingerprint density at radius 2 is 2.05 bits per heavy atom. The number of hydrogen-bond donors (Lipinski definition) is 1. The number of nitrogens with one attached hydrogen (secondary N) is 1. The molecule has 5 nitrogen and oxygen atoms in total. The third kappa shape index (κ3) is 4.61. The quantitative estimate of drug-likeness (QED) is 0.740. The zero-order valence-electron chi connectivity index (χ0n) is 12.3. The van der Waals surface area contributed by atoms with Crippen molar-refractivity contribution in [3.63, 3.8) is 0 Å². The molecule has 1 aromatic rings. The molecule has 1 N–H and O–H groups in total. The molecule has 1 aromatic carbocycles. The third-order valence-electron chi connectivity index (χ3n) is 2.90. The van der Waals surface area contributed by atoms with Crippen LogP contribution in [0.15, 0.2) is 18.2 Å². The van der Waals surface area contributed by atoms with E-state index in [1.54, 1.807) is 14.2 Å². The van der Waals surface area contributed by atoms with Crippen molar-refractivity contribution in [3.05, 3.63) is 23.8 Å². The first kappa shape index (κ1) is 16.7. The first-order valence-corrected chi connectivity index (χ1v) is 7.35. The predicted molar refractivity (Wildman–Crippen MR) is 80.7 cm³/mol. The summed E-state index contributed by atoms with van der Waals surface area (Å²) in [6.45, 7) is 0. The fourth-order valence-electron chi connectivity index (χ4n) is 1.75. The van der Waals surface area contributed by atoms with E-state index >= 15 is 0 Å². The molecule has 1 unspecified atom stereocenters. The van der Waals surface area contributed by atoms with Crippen molar-refractivity contribution in [2.75, 3.05) is 39.9 Å². The van der Waals surface area contributed by atoms with Crippen molar-refractivity contribution in [3.8, 4) is 11.5 Å². The Bertz CT molecular complexity index is 439. The lowest BCUT2D eigenvalue weighted by atomic mass is 10.1. The maximum Gasteiger partial charge on any atom is 0.315 e. The van der Waals surface area contributed by atoms with Crippen LogP contribution in [0.2, 0.25) is 0 Å². The van der Waals surface area contributed by atoms with Gasteiger partial charge in [0.15, 0.2) is 0 Å². The Labute approximate surface area is 124 Å². The minimum atomic E-state index is -0.216. The average Bonchev–Trinajstić information content (AvgIpc) is 2.50. The van der Waals surface area contributed by atoms with Gasteiger partial charge < -0.3 is 19.5 Å². The van der Waals surface area contributed by atoms with Crippen LogP contribution in [-0.2, 0) is 9.53 Å². The highest BCUT2D eigenvalue weighted by atomic mass is 32.2. The minimum Gasteiger partial charge on any atom is -0.497 e. The first-order valence-electron chi connectivity index (χ1n) is 6.20. The molecule has 0 bridgehead atoms. The molecule has 0 saturated heterocycles. The summed E-state index contributed by atoms with van der Waals surface area (Å²) in [4.78, 5) is 11.1. The van der Waals surface area contributed by atoms with Crippen LogP contribution in [0, 0.1) is 0 Å². The van der Waals surface area contributed by atoms with E-state index in [1.165, 1.54) is 18.9 Å². The van der Waals surface area contributed by atoms with E-state index in [4.69, 9.17) is 9.47 Å². The standard InChI is InChI=1S/C14H21NO4S/c1-15-12(8-20-9-14(16)19-4)11-6-5-10(17-2)7-13(11)18-3/h5-7,12,15H,8-9H2,1-4H3. The predicted octanol–water partition coefficient (Wildman–Crippen LogP) is 1.87. The van der Waals surface area contributed by atoms with Gasteiger partial charge in [-0.2, -0.15) is 0 Å². The summed E-state index contributed by atoms with van der Waals surface area (Å²) in [5, 5.41) is 3.23. The number of esters is 1. The van der Waals surface area contributed by atoms with Crippen molar-refractivity contribution < 1.29 is 19.0 Å². The molecule has 6 heteroatoms. The van der Waals surface area contributed by atoms with E-state index in [0.29, 0.717) is 5.75 Å². The number of ether oxygens (including phenoxy) is 3. The molecule has 1 rings (SSSR count). The van der Waals surface area contributed by atoms with Crippen molar-refractivity contribution in [2.24, 2.45) is 0 Å². The second-order valence-electron chi connectivity index (χ2n) is 4.04. The topological polar surface area (TPSA) is 56.8 Å². The van der Waals surface area contributed by atoms with Crippen molar-refractivity contribution in [2.45, 2.75) is 6.04 Å². The van der Waals surface area contributed by atoms with Crippen LogP contribution in [0.25, 0.3) is 0 Å². The number of carbonyl (C=O) groups is 1. The van der Waals surface area contributed by atoms with Crippen LogP contribution < -0.4 is 14.8 Å². The number of hydrogen-bond acceptors (Lipinski definition) is 6. The van der Waals surface area contributed by atoms with Gasteiger partial charge in [-0.15, -0.1) is 11.8 Å². The monoisotopic (exact) mass is 299 g/mol. The van der Waals surface area contributed by atoms with E-state index in [-0.39, 0.29) is 12.0 Å². The molecule has 0 aliphatic heterocycles. The van der Waals surface area contributed by atoms with Gasteiger partial charge >= 0.3 is 5.97 Å². The van der Waals surface area contributed by atoms with Gasteiger partial charge in [0.05, 0.1) is 27.1 Å². The molecule has 0 fully saturated rings. The Morgan fingerprint density at radius 3 is 2.60 bits per heavy atom. The van der Waals surface area contributed by atoms with E-state index in [1.807, 2.05) is 25.2 Å². The number of thioether (sulfide) groups is 1. The second-order valence-corrected chi connectivity index (χ2v) is 5.07. The number of benzene rings is 1. The van der Waals surface area contributed by atoms with Gasteiger partial charge in [-0.3, -0.25) is 4.79 Å². The molecule has 112 valence electrons. The summed E-state index contributed by atoms with van der Waals surface area (Å²) in [7, 11) is 6.53. The summed E-state index contributed by atoms with van der Waals surface area (Å²) in [5.41, 5.74) is 1.04. The van der Waals surface area contributed by atoms with E-state index < -0.39 is 0 Å². The van der Waals surface area contributed by atoms with Crippen LogP contribution >= 0.6 is 11.8 Å². The highest BCUT2D eigenvalue weighted by molar-refractivity contribution is 7.99. The highest BCUT2D eigenvalue weighted by Crippen LogP contribution is 2.31. The third-order valence-corrected chi connectivity index (χ3v) is 3.91. The Balaban J connectivity index is 2.75. The summed E-state index contributed by atoms with van der Waals surface area (Å²) in [5.74, 6) is 2.39. The van der Waals surface area contributed by atoms with Gasteiger partial charge in [0.1, 0.15) is 11.5 Å². The van der Waals surface area contributed by atoms with Gasteiger partial charge in [0.2, 0.25) is 0 Å². The fourth-order valence-corrected chi connectivity index (χ4v) is 2.74. The highest BCUT2D eigenvalue weighted by Gasteiger charge is 2.16. The summed E-state index contributed by atoms with van der Waals surface area (Å²) < 4.78 is 15.2. The van der Waals surface area contributed by atoms with Crippen molar-refractivity contribution in [1.82, 2.24) is 5.32 Å². The Hall–Kier alpha value is -1.40. The molecule has 0 amide bonds. The SMILES string of the molecule is CNC(CSCC(=O)OC)c1ccc(OC)cc1OC. The van der Waals surface area contributed by atoms with E-state index in [0.717, 1.165) is 22.8 Å². The molecule has 0 heterocycles. The maximum absolute atomic E-state index is 11.1. The van der Waals surface area contributed by atoms with Gasteiger partial charge in [0.25, 0.3) is 0 Å². The zero-order valence-corrected chi connectivity index (χ0v) is 13.1. The molecule has 0 aliphatic rings. The van der Waals surface area contributed by atoms with Crippen molar-refractivity contribution >= 4 is 17.7 Å². The molecule has 0 saturated carbocycles. The summed E-state index contributed by atoms with van der Waals surface area (Å²) >= 11 is 1.52. The van der Waals surface area contributed by atoms with Crippen LogP contribution in [0.3, 0.4) is 0 Å². The molecule has 0 radical (unpaired) electrons. The molecule has 0 aliphatic carbocycles. The maximum atomic E-state index is 11.1. The molecule has 1 atom stereocenters. The number of methoxy groups -OCH3 is 3. The van der Waals surface area contributed by atoms with Crippen LogP contribution in [-0.4, -0.2) is 45.9 Å². The van der Waals surface area contributed by atoms with Gasteiger partial charge in [-0.25, -0.2) is 0 Å². The van der Waals surface area contributed by atoms with E-state index in [2.05, 4.69) is 10.1 Å². The minimum absolute atomic E-state index is 0.0884. The van der Waals surface area contributed by atoms with Gasteiger partial charge in [0, 0.05) is 23.4 Å². The summed E-state index contributed by atoms with van der Waals surface area (Å²) in [6, 6.07) is 5.81. The number of rotatable bonds is 8. The zero-order chi connectivity index (χ0) is 15.0. The van der Waals surface area contributed by atoms with Crippen LogP contribution in [0.1, 0.15) is 11.6 Å². The lowest BCUT2D eigenvalue weighted by molar-refractivity contribution is -0.137. The average molecular weight is 299 g/mol.